The molecule has 0 aliphatic heterocycles. The number of nitrogens with zero attached hydrogens (tertiary/aromatic N) is 1. The lowest BCUT2D eigenvalue weighted by Crippen LogP contribution is -2.37. The molecular weight excluding hydrogens is 382 g/mol. The first-order valence-corrected chi connectivity index (χ1v) is 9.36. The molecule has 1 N–H and O–H groups in total. The highest BCUT2D eigenvalue weighted by molar-refractivity contribution is 7.91. The zero-order valence-electron chi connectivity index (χ0n) is 12.4. The van der Waals surface area contributed by atoms with Crippen LogP contribution in [-0.4, -0.2) is 27.4 Å². The van der Waals surface area contributed by atoms with E-state index in [0.717, 1.165) is 28.4 Å². The molecule has 1 amide bonds. The summed E-state index contributed by atoms with van der Waals surface area (Å²) in [6.07, 6.45) is 0. The van der Waals surface area contributed by atoms with Crippen molar-refractivity contribution < 1.29 is 22.0 Å². The number of sulfonamides is 1. The van der Waals surface area contributed by atoms with Gasteiger partial charge < -0.3 is 4.90 Å². The van der Waals surface area contributed by atoms with Gasteiger partial charge in [0.2, 0.25) is 15.9 Å². The van der Waals surface area contributed by atoms with E-state index >= 15 is 0 Å². The molecule has 0 radical (unpaired) electrons. The minimum Gasteiger partial charge on any atom is -0.311 e. The van der Waals surface area contributed by atoms with Crippen molar-refractivity contribution in [3.8, 4) is 0 Å². The number of halogens is 3. The molecule has 0 bridgehead atoms. The number of carbonyl (C=O) groups excluding carboxylic acids is 1. The molecule has 0 aliphatic rings. The van der Waals surface area contributed by atoms with Gasteiger partial charge in [-0.3, -0.25) is 4.79 Å². The lowest BCUT2D eigenvalue weighted by Gasteiger charge is -2.21. The van der Waals surface area contributed by atoms with Crippen LogP contribution in [0.2, 0.25) is 4.34 Å². The molecule has 0 saturated heterocycles. The fourth-order valence-corrected chi connectivity index (χ4v) is 4.47. The third kappa shape index (κ3) is 4.50. The largest absolute Gasteiger partial charge is 0.311 e. The maximum absolute atomic E-state index is 13.3. The summed E-state index contributed by atoms with van der Waals surface area (Å²) in [4.78, 5) is 12.8. The lowest BCUT2D eigenvalue weighted by atomic mass is 10.2. The summed E-state index contributed by atoms with van der Waals surface area (Å²) >= 11 is 6.61. The van der Waals surface area contributed by atoms with Gasteiger partial charge in [-0.1, -0.05) is 11.6 Å². The standard InChI is InChI=1S/C14H13ClF2N2O3S2/c1-9(20)19(10-2-3-11(16)12(17)8-10)7-6-18-24(21,22)14-5-4-13(15)23-14/h2-5,8,18H,6-7H2,1H3. The van der Waals surface area contributed by atoms with Gasteiger partial charge in [-0.15, -0.1) is 11.3 Å². The molecule has 0 fully saturated rings. The SMILES string of the molecule is CC(=O)N(CCNS(=O)(=O)c1ccc(Cl)s1)c1ccc(F)c(F)c1. The summed E-state index contributed by atoms with van der Waals surface area (Å²) < 4.78 is 53.1. The molecule has 0 unspecified atom stereocenters. The third-order valence-electron chi connectivity index (χ3n) is 3.04. The van der Waals surface area contributed by atoms with Gasteiger partial charge in [0.25, 0.3) is 0 Å². The van der Waals surface area contributed by atoms with E-state index in [1.54, 1.807) is 0 Å². The summed E-state index contributed by atoms with van der Waals surface area (Å²) in [6, 6.07) is 5.85. The predicted molar refractivity (Wildman–Crippen MR) is 88.9 cm³/mol. The van der Waals surface area contributed by atoms with Crippen LogP contribution in [0.15, 0.2) is 34.5 Å². The van der Waals surface area contributed by atoms with E-state index in [4.69, 9.17) is 11.6 Å². The molecule has 0 atom stereocenters. The Kier molecular flexibility index (Phi) is 5.92. The number of nitrogens with one attached hydrogen (secondary N) is 1. The lowest BCUT2D eigenvalue weighted by molar-refractivity contribution is -0.116. The Labute approximate surface area is 146 Å². The summed E-state index contributed by atoms with van der Waals surface area (Å²) in [6.45, 7) is 1.10. The molecule has 1 aromatic carbocycles. The van der Waals surface area contributed by atoms with E-state index in [9.17, 15) is 22.0 Å². The van der Waals surface area contributed by atoms with Crippen LogP contribution in [0.4, 0.5) is 14.5 Å². The maximum Gasteiger partial charge on any atom is 0.250 e. The Morgan fingerprint density at radius 2 is 1.96 bits per heavy atom. The van der Waals surface area contributed by atoms with Crippen molar-refractivity contribution >= 4 is 44.6 Å². The van der Waals surface area contributed by atoms with Crippen LogP contribution in [-0.2, 0) is 14.8 Å². The van der Waals surface area contributed by atoms with E-state index in [0.29, 0.717) is 4.34 Å². The van der Waals surface area contributed by atoms with E-state index in [-0.39, 0.29) is 23.0 Å². The van der Waals surface area contributed by atoms with Gasteiger partial charge in [-0.05, 0) is 24.3 Å². The third-order valence-corrected chi connectivity index (χ3v) is 6.22. The molecule has 130 valence electrons. The summed E-state index contributed by atoms with van der Waals surface area (Å²) in [5.74, 6) is -2.55. The number of benzene rings is 1. The summed E-state index contributed by atoms with van der Waals surface area (Å²) in [5, 5.41) is 0. The van der Waals surface area contributed by atoms with Gasteiger partial charge in [0, 0.05) is 31.8 Å². The predicted octanol–water partition coefficient (Wildman–Crippen LogP) is 3.01. The Hall–Kier alpha value is -1.55. The second kappa shape index (κ2) is 7.56. The van der Waals surface area contributed by atoms with Crippen molar-refractivity contribution in [3.63, 3.8) is 0 Å². The normalized spacial score (nSPS) is 11.5. The molecule has 0 saturated carbocycles. The number of rotatable bonds is 6. The maximum atomic E-state index is 13.3. The van der Waals surface area contributed by atoms with E-state index < -0.39 is 27.6 Å². The van der Waals surface area contributed by atoms with Crippen molar-refractivity contribution in [2.45, 2.75) is 11.1 Å². The zero-order chi connectivity index (χ0) is 17.9. The Balaban J connectivity index is 2.07. The number of amides is 1. The molecular formula is C14H13ClF2N2O3S2. The van der Waals surface area contributed by atoms with Gasteiger partial charge in [0.15, 0.2) is 11.6 Å². The molecule has 2 rings (SSSR count). The summed E-state index contributed by atoms with van der Waals surface area (Å²) in [7, 11) is -3.75. The zero-order valence-corrected chi connectivity index (χ0v) is 14.8. The second-order valence-electron chi connectivity index (χ2n) is 4.73. The fraction of sp³-hybridized carbons (Fsp3) is 0.214. The Bertz CT molecular complexity index is 855. The molecule has 0 spiro atoms. The van der Waals surface area contributed by atoms with Crippen molar-refractivity contribution in [2.75, 3.05) is 18.0 Å². The molecule has 1 aromatic heterocycles. The average Bonchev–Trinajstić information content (AvgIpc) is 2.94. The minimum absolute atomic E-state index is 0.0429. The van der Waals surface area contributed by atoms with Crippen molar-refractivity contribution in [2.24, 2.45) is 0 Å². The minimum atomic E-state index is -3.75. The van der Waals surface area contributed by atoms with Crippen LogP contribution >= 0.6 is 22.9 Å². The van der Waals surface area contributed by atoms with Crippen molar-refractivity contribution in [1.29, 1.82) is 0 Å². The highest BCUT2D eigenvalue weighted by Gasteiger charge is 2.18. The quantitative estimate of drug-likeness (QED) is 0.819. The second-order valence-corrected chi connectivity index (χ2v) is 8.43. The van der Waals surface area contributed by atoms with E-state index in [2.05, 4.69) is 4.72 Å². The highest BCUT2D eigenvalue weighted by atomic mass is 35.5. The van der Waals surface area contributed by atoms with Crippen LogP contribution in [0, 0.1) is 11.6 Å². The van der Waals surface area contributed by atoms with Crippen molar-refractivity contribution in [1.82, 2.24) is 4.72 Å². The van der Waals surface area contributed by atoms with Crippen LogP contribution in [0.5, 0.6) is 0 Å². The number of hydrogen-bond donors (Lipinski definition) is 1. The number of hydrogen-bond acceptors (Lipinski definition) is 4. The van der Waals surface area contributed by atoms with Gasteiger partial charge >= 0.3 is 0 Å². The Morgan fingerprint density at radius 3 is 2.50 bits per heavy atom. The van der Waals surface area contributed by atoms with Gasteiger partial charge in [0.05, 0.1) is 4.34 Å². The average molecular weight is 395 g/mol. The number of anilines is 1. The number of thiophene rings is 1. The van der Waals surface area contributed by atoms with Gasteiger partial charge in [-0.2, -0.15) is 0 Å². The van der Waals surface area contributed by atoms with Gasteiger partial charge in [-0.25, -0.2) is 21.9 Å². The van der Waals surface area contributed by atoms with Crippen LogP contribution < -0.4 is 9.62 Å². The number of carbonyl (C=O) groups is 1. The molecule has 5 nitrogen and oxygen atoms in total. The molecule has 0 aliphatic carbocycles. The van der Waals surface area contributed by atoms with Crippen LogP contribution in [0.1, 0.15) is 6.92 Å². The smallest absolute Gasteiger partial charge is 0.250 e. The first kappa shape index (κ1) is 18.8. The Morgan fingerprint density at radius 1 is 1.25 bits per heavy atom. The summed E-state index contributed by atoms with van der Waals surface area (Å²) in [5.41, 5.74) is 0.139. The van der Waals surface area contributed by atoms with Crippen LogP contribution in [0.3, 0.4) is 0 Å². The fourth-order valence-electron chi connectivity index (χ4n) is 1.93. The highest BCUT2D eigenvalue weighted by Crippen LogP contribution is 2.25. The van der Waals surface area contributed by atoms with E-state index in [1.165, 1.54) is 25.1 Å². The topological polar surface area (TPSA) is 66.5 Å². The first-order valence-electron chi connectivity index (χ1n) is 6.69. The van der Waals surface area contributed by atoms with E-state index in [1.807, 2.05) is 0 Å². The molecule has 24 heavy (non-hydrogen) atoms. The molecule has 1 heterocycles. The molecule has 10 heteroatoms. The van der Waals surface area contributed by atoms with Crippen molar-refractivity contribution in [3.05, 3.63) is 46.3 Å². The van der Waals surface area contributed by atoms with Crippen LogP contribution in [0.25, 0.3) is 0 Å². The van der Waals surface area contributed by atoms with Gasteiger partial charge in [0.1, 0.15) is 4.21 Å². The molecule has 2 aromatic rings. The monoisotopic (exact) mass is 394 g/mol. The first-order chi connectivity index (χ1) is 11.2.